The lowest BCUT2D eigenvalue weighted by atomic mass is 10.1. The van der Waals surface area contributed by atoms with Crippen molar-refractivity contribution in [3.05, 3.63) is 35.4 Å². The predicted molar refractivity (Wildman–Crippen MR) is 93.4 cm³/mol. The van der Waals surface area contributed by atoms with Crippen LogP contribution >= 0.6 is 0 Å². The summed E-state index contributed by atoms with van der Waals surface area (Å²) in [5.41, 5.74) is 0.710. The highest BCUT2D eigenvalue weighted by molar-refractivity contribution is 5.99. The van der Waals surface area contributed by atoms with Gasteiger partial charge in [-0.1, -0.05) is 18.2 Å². The van der Waals surface area contributed by atoms with E-state index in [-0.39, 0.29) is 6.61 Å². The number of benzene rings is 1. The minimum Gasteiger partial charge on any atom is -0.480 e. The zero-order chi connectivity index (χ0) is 19.2. The Morgan fingerprint density at radius 1 is 1.16 bits per heavy atom. The first-order valence-corrected chi connectivity index (χ1v) is 8.05. The van der Waals surface area contributed by atoms with Gasteiger partial charge in [0, 0.05) is 5.56 Å². The molecule has 0 radical (unpaired) electrons. The van der Waals surface area contributed by atoms with Crippen LogP contribution in [0, 0.1) is 6.92 Å². The third-order valence-corrected chi connectivity index (χ3v) is 3.42. The predicted octanol–water partition coefficient (Wildman–Crippen LogP) is 1.50. The normalized spacial score (nSPS) is 13.6. The van der Waals surface area contributed by atoms with E-state index in [9.17, 15) is 14.4 Å². The summed E-state index contributed by atoms with van der Waals surface area (Å²) in [4.78, 5) is 35.7. The smallest absolute Gasteiger partial charge is 0.325 e. The summed E-state index contributed by atoms with van der Waals surface area (Å²) < 4.78 is 5.60. The second-order valence-corrected chi connectivity index (χ2v) is 6.83. The molecule has 0 aromatic heterocycles. The molecule has 1 rings (SSSR count). The van der Waals surface area contributed by atoms with E-state index in [1.807, 2.05) is 26.8 Å². The van der Waals surface area contributed by atoms with Crippen molar-refractivity contribution in [3.8, 4) is 0 Å². The van der Waals surface area contributed by atoms with E-state index in [4.69, 9.17) is 9.84 Å². The summed E-state index contributed by atoms with van der Waals surface area (Å²) in [6.45, 7) is 8.55. The van der Waals surface area contributed by atoms with Crippen LogP contribution in [-0.2, 0) is 14.3 Å². The lowest BCUT2D eigenvalue weighted by Crippen LogP contribution is -2.53. The molecular weight excluding hydrogens is 324 g/mol. The van der Waals surface area contributed by atoms with Gasteiger partial charge >= 0.3 is 5.97 Å². The first-order chi connectivity index (χ1) is 11.5. The van der Waals surface area contributed by atoms with Gasteiger partial charge in [-0.3, -0.25) is 14.4 Å². The molecule has 0 heterocycles. The lowest BCUT2D eigenvalue weighted by molar-refractivity contribution is -0.142. The number of nitrogens with one attached hydrogen (secondary N) is 2. The van der Waals surface area contributed by atoms with Gasteiger partial charge in [-0.05, 0) is 46.2 Å². The summed E-state index contributed by atoms with van der Waals surface area (Å²) in [5.74, 6) is -2.19. The molecule has 7 heteroatoms. The van der Waals surface area contributed by atoms with Crippen LogP contribution in [-0.4, -0.2) is 47.2 Å². The van der Waals surface area contributed by atoms with Gasteiger partial charge in [0.1, 0.15) is 12.1 Å². The molecule has 3 N–H and O–H groups in total. The number of ether oxygens (including phenoxy) is 1. The summed E-state index contributed by atoms with van der Waals surface area (Å²) in [5, 5.41) is 13.9. The Morgan fingerprint density at radius 2 is 1.76 bits per heavy atom. The van der Waals surface area contributed by atoms with Crippen molar-refractivity contribution in [2.75, 3.05) is 6.61 Å². The second kappa shape index (κ2) is 8.62. The van der Waals surface area contributed by atoms with E-state index < -0.39 is 35.5 Å². The minimum absolute atomic E-state index is 0.0701. The van der Waals surface area contributed by atoms with Gasteiger partial charge in [-0.15, -0.1) is 0 Å². The van der Waals surface area contributed by atoms with Crippen LogP contribution in [0.4, 0.5) is 0 Å². The number of carboxylic acids is 1. The first-order valence-electron chi connectivity index (χ1n) is 8.05. The van der Waals surface area contributed by atoms with Gasteiger partial charge in [0.05, 0.1) is 12.2 Å². The number of hydrogen-bond acceptors (Lipinski definition) is 4. The van der Waals surface area contributed by atoms with Gasteiger partial charge in [0.15, 0.2) is 0 Å². The number of carbonyl (C=O) groups is 3. The van der Waals surface area contributed by atoms with Crippen LogP contribution in [0.15, 0.2) is 24.3 Å². The van der Waals surface area contributed by atoms with E-state index in [1.165, 1.54) is 6.92 Å². The molecule has 0 unspecified atom stereocenters. The average molecular weight is 350 g/mol. The standard InChI is InChI=1S/C18H26N2O5/c1-11-8-6-7-9-13(11)15(21)20-14(10-25-18(3,4)5)16(22)19-12(2)17(23)24/h6-9,12,14H,10H2,1-5H3,(H,19,22)(H,20,21)(H,23,24)/t12-,14+/m0/s1. The van der Waals surface area contributed by atoms with Crippen molar-refractivity contribution in [1.29, 1.82) is 0 Å². The van der Waals surface area contributed by atoms with Crippen molar-refractivity contribution in [3.63, 3.8) is 0 Å². The molecule has 0 saturated carbocycles. The highest BCUT2D eigenvalue weighted by Gasteiger charge is 2.27. The van der Waals surface area contributed by atoms with Crippen LogP contribution in [0.2, 0.25) is 0 Å². The molecule has 0 spiro atoms. The van der Waals surface area contributed by atoms with Crippen molar-refractivity contribution in [2.45, 2.75) is 52.3 Å². The van der Waals surface area contributed by atoms with Crippen LogP contribution in [0.5, 0.6) is 0 Å². The van der Waals surface area contributed by atoms with E-state index in [0.29, 0.717) is 5.56 Å². The second-order valence-electron chi connectivity index (χ2n) is 6.83. The highest BCUT2D eigenvalue weighted by atomic mass is 16.5. The molecule has 1 aromatic carbocycles. The number of amides is 2. The molecule has 0 aliphatic heterocycles. The van der Waals surface area contributed by atoms with Gasteiger partial charge in [-0.25, -0.2) is 0 Å². The van der Waals surface area contributed by atoms with Crippen molar-refractivity contribution >= 4 is 17.8 Å². The first kappa shape index (κ1) is 20.6. The van der Waals surface area contributed by atoms with Gasteiger partial charge in [-0.2, -0.15) is 0 Å². The Kier molecular flexibility index (Phi) is 7.11. The molecule has 2 atom stereocenters. The van der Waals surface area contributed by atoms with E-state index in [1.54, 1.807) is 25.1 Å². The van der Waals surface area contributed by atoms with E-state index in [0.717, 1.165) is 5.56 Å². The summed E-state index contributed by atoms with van der Waals surface area (Å²) >= 11 is 0. The number of carboxylic acid groups (broad SMARTS) is 1. The Bertz CT molecular complexity index is 637. The Hall–Kier alpha value is -2.41. The van der Waals surface area contributed by atoms with Crippen molar-refractivity contribution in [2.24, 2.45) is 0 Å². The van der Waals surface area contributed by atoms with E-state index >= 15 is 0 Å². The average Bonchev–Trinajstić information content (AvgIpc) is 2.50. The Morgan fingerprint density at radius 3 is 2.28 bits per heavy atom. The van der Waals surface area contributed by atoms with E-state index in [2.05, 4.69) is 10.6 Å². The van der Waals surface area contributed by atoms with Crippen molar-refractivity contribution in [1.82, 2.24) is 10.6 Å². The highest BCUT2D eigenvalue weighted by Crippen LogP contribution is 2.10. The minimum atomic E-state index is -1.16. The van der Waals surface area contributed by atoms with Gasteiger partial charge in [0.25, 0.3) is 5.91 Å². The fourth-order valence-electron chi connectivity index (χ4n) is 1.96. The maximum atomic E-state index is 12.5. The van der Waals surface area contributed by atoms with Crippen LogP contribution in [0.1, 0.15) is 43.6 Å². The molecule has 1 aromatic rings. The largest absolute Gasteiger partial charge is 0.480 e. The van der Waals surface area contributed by atoms with Crippen LogP contribution in [0.3, 0.4) is 0 Å². The zero-order valence-electron chi connectivity index (χ0n) is 15.3. The molecule has 2 amide bonds. The third-order valence-electron chi connectivity index (χ3n) is 3.42. The number of aliphatic carboxylic acids is 1. The molecule has 0 bridgehead atoms. The summed E-state index contributed by atoms with van der Waals surface area (Å²) in [6, 6.07) is 4.92. The zero-order valence-corrected chi connectivity index (χ0v) is 15.3. The fraction of sp³-hybridized carbons (Fsp3) is 0.500. The number of aryl methyl sites for hydroxylation is 1. The summed E-state index contributed by atoms with van der Waals surface area (Å²) in [7, 11) is 0. The topological polar surface area (TPSA) is 105 Å². The maximum Gasteiger partial charge on any atom is 0.325 e. The third kappa shape index (κ3) is 6.93. The molecule has 25 heavy (non-hydrogen) atoms. The number of rotatable bonds is 7. The lowest BCUT2D eigenvalue weighted by Gasteiger charge is -2.25. The van der Waals surface area contributed by atoms with Gasteiger partial charge in [0.2, 0.25) is 5.91 Å². The Balaban J connectivity index is 2.90. The molecule has 0 aliphatic carbocycles. The molecule has 138 valence electrons. The van der Waals surface area contributed by atoms with Crippen LogP contribution < -0.4 is 10.6 Å². The number of hydrogen-bond donors (Lipinski definition) is 3. The molecule has 7 nitrogen and oxygen atoms in total. The summed E-state index contributed by atoms with van der Waals surface area (Å²) in [6.07, 6.45) is 0. The molecule has 0 aliphatic rings. The maximum absolute atomic E-state index is 12.5. The SMILES string of the molecule is Cc1ccccc1C(=O)N[C@H](COC(C)(C)C)C(=O)N[C@@H](C)C(=O)O. The quantitative estimate of drug-likeness (QED) is 0.691. The van der Waals surface area contributed by atoms with Crippen LogP contribution in [0.25, 0.3) is 0 Å². The molecular formula is C18H26N2O5. The molecule has 0 fully saturated rings. The number of carbonyl (C=O) groups excluding carboxylic acids is 2. The van der Waals surface area contributed by atoms with Crippen molar-refractivity contribution < 1.29 is 24.2 Å². The van der Waals surface area contributed by atoms with Gasteiger partial charge < -0.3 is 20.5 Å². The monoisotopic (exact) mass is 350 g/mol. The Labute approximate surface area is 147 Å². The molecule has 0 saturated heterocycles. The fourth-order valence-corrected chi connectivity index (χ4v) is 1.96.